The lowest BCUT2D eigenvalue weighted by molar-refractivity contribution is 0.235. The van der Waals surface area contributed by atoms with Crippen molar-refractivity contribution in [1.29, 1.82) is 0 Å². The van der Waals surface area contributed by atoms with Crippen molar-refractivity contribution < 1.29 is 4.79 Å². The molecule has 0 fully saturated rings. The molecule has 0 heterocycles. The second kappa shape index (κ2) is 5.35. The van der Waals surface area contributed by atoms with Crippen LogP contribution in [0.2, 0.25) is 0 Å². The van der Waals surface area contributed by atoms with E-state index in [1.807, 2.05) is 57.2 Å². The summed E-state index contributed by atoms with van der Waals surface area (Å²) in [6.07, 6.45) is 3.48. The summed E-state index contributed by atoms with van der Waals surface area (Å²) in [6.45, 7) is 5.81. The Morgan fingerprint density at radius 1 is 1.19 bits per heavy atom. The average Bonchev–Trinajstić information content (AvgIpc) is 2.16. The first kappa shape index (κ1) is 12.3. The normalized spacial score (nSPS) is 11.4. The van der Waals surface area contributed by atoms with Gasteiger partial charge in [0.15, 0.2) is 0 Å². The van der Waals surface area contributed by atoms with Crippen molar-refractivity contribution >= 4 is 12.1 Å². The highest BCUT2D eigenvalue weighted by Gasteiger charge is 2.11. The molecule has 1 aromatic carbocycles. The van der Waals surface area contributed by atoms with Crippen molar-refractivity contribution in [3.05, 3.63) is 42.1 Å². The van der Waals surface area contributed by atoms with Gasteiger partial charge in [0.25, 0.3) is 0 Å². The summed E-state index contributed by atoms with van der Waals surface area (Å²) in [5, 5.41) is 5.46. The Morgan fingerprint density at radius 3 is 2.38 bits per heavy atom. The van der Waals surface area contributed by atoms with Crippen LogP contribution in [0.4, 0.5) is 4.79 Å². The molecular formula is C13H18N2O. The van der Waals surface area contributed by atoms with E-state index in [-0.39, 0.29) is 11.6 Å². The number of rotatable bonds is 2. The lowest BCUT2D eigenvalue weighted by Gasteiger charge is -2.19. The minimum absolute atomic E-state index is 0.195. The molecule has 2 N–H and O–H groups in total. The van der Waals surface area contributed by atoms with Crippen LogP contribution >= 0.6 is 0 Å². The van der Waals surface area contributed by atoms with Crippen molar-refractivity contribution in [3.8, 4) is 0 Å². The smallest absolute Gasteiger partial charge is 0.319 e. The highest BCUT2D eigenvalue weighted by Crippen LogP contribution is 2.00. The molecule has 0 aromatic heterocycles. The summed E-state index contributed by atoms with van der Waals surface area (Å²) in [5.74, 6) is 0. The van der Waals surface area contributed by atoms with E-state index in [1.54, 1.807) is 6.20 Å². The van der Waals surface area contributed by atoms with Crippen LogP contribution in [0.25, 0.3) is 6.08 Å². The van der Waals surface area contributed by atoms with Gasteiger partial charge in [-0.15, -0.1) is 0 Å². The van der Waals surface area contributed by atoms with Gasteiger partial charge in [-0.05, 0) is 32.4 Å². The molecule has 1 rings (SSSR count). The molecule has 0 unspecified atom stereocenters. The first-order valence-electron chi connectivity index (χ1n) is 5.28. The van der Waals surface area contributed by atoms with Gasteiger partial charge in [0.05, 0.1) is 0 Å². The molecule has 0 aliphatic carbocycles. The van der Waals surface area contributed by atoms with Crippen molar-refractivity contribution in [2.75, 3.05) is 0 Å². The fraction of sp³-hybridized carbons (Fsp3) is 0.308. The molecular weight excluding hydrogens is 200 g/mol. The molecule has 0 aliphatic rings. The van der Waals surface area contributed by atoms with Crippen LogP contribution < -0.4 is 10.6 Å². The highest BCUT2D eigenvalue weighted by atomic mass is 16.2. The first-order valence-corrected chi connectivity index (χ1v) is 5.28. The fourth-order valence-corrected chi connectivity index (χ4v) is 1.15. The zero-order valence-corrected chi connectivity index (χ0v) is 9.95. The van der Waals surface area contributed by atoms with Gasteiger partial charge in [-0.25, -0.2) is 4.79 Å². The minimum Gasteiger partial charge on any atom is -0.333 e. The van der Waals surface area contributed by atoms with Crippen molar-refractivity contribution in [2.45, 2.75) is 26.3 Å². The number of hydrogen-bond acceptors (Lipinski definition) is 1. The largest absolute Gasteiger partial charge is 0.333 e. The van der Waals surface area contributed by atoms with Gasteiger partial charge in [0.1, 0.15) is 0 Å². The monoisotopic (exact) mass is 218 g/mol. The van der Waals surface area contributed by atoms with Gasteiger partial charge in [-0.1, -0.05) is 30.3 Å². The van der Waals surface area contributed by atoms with Crippen molar-refractivity contribution in [1.82, 2.24) is 10.6 Å². The Labute approximate surface area is 96.6 Å². The number of carbonyl (C=O) groups excluding carboxylic acids is 1. The number of urea groups is 1. The molecule has 3 nitrogen and oxygen atoms in total. The maximum absolute atomic E-state index is 11.4. The van der Waals surface area contributed by atoms with E-state index in [9.17, 15) is 4.79 Å². The van der Waals surface area contributed by atoms with Gasteiger partial charge >= 0.3 is 6.03 Å². The maximum atomic E-state index is 11.4. The Hall–Kier alpha value is -1.77. The van der Waals surface area contributed by atoms with Gasteiger partial charge < -0.3 is 10.6 Å². The molecule has 3 heteroatoms. The predicted octanol–water partition coefficient (Wildman–Crippen LogP) is 2.76. The van der Waals surface area contributed by atoms with Crippen LogP contribution in [0.3, 0.4) is 0 Å². The lowest BCUT2D eigenvalue weighted by atomic mass is 10.1. The van der Waals surface area contributed by atoms with Crippen LogP contribution in [-0.2, 0) is 0 Å². The molecule has 0 saturated heterocycles. The topological polar surface area (TPSA) is 41.1 Å². The molecule has 0 atom stereocenters. The second-order valence-electron chi connectivity index (χ2n) is 4.59. The molecule has 2 amide bonds. The van der Waals surface area contributed by atoms with Crippen LogP contribution in [0.1, 0.15) is 26.3 Å². The van der Waals surface area contributed by atoms with Gasteiger partial charge in [0, 0.05) is 11.7 Å². The average molecular weight is 218 g/mol. The Balaban J connectivity index is 2.41. The van der Waals surface area contributed by atoms with Crippen molar-refractivity contribution in [3.63, 3.8) is 0 Å². The number of nitrogens with one attached hydrogen (secondary N) is 2. The molecule has 0 radical (unpaired) electrons. The molecule has 0 aliphatic heterocycles. The van der Waals surface area contributed by atoms with E-state index < -0.39 is 0 Å². The number of amides is 2. The van der Waals surface area contributed by atoms with Crippen LogP contribution in [-0.4, -0.2) is 11.6 Å². The molecule has 1 aromatic rings. The Kier molecular flexibility index (Phi) is 4.11. The number of carbonyl (C=O) groups is 1. The van der Waals surface area contributed by atoms with Crippen molar-refractivity contribution in [2.24, 2.45) is 0 Å². The Bertz CT molecular complexity index is 363. The summed E-state index contributed by atoms with van der Waals surface area (Å²) < 4.78 is 0. The summed E-state index contributed by atoms with van der Waals surface area (Å²) >= 11 is 0. The Morgan fingerprint density at radius 2 is 1.81 bits per heavy atom. The van der Waals surface area contributed by atoms with E-state index in [4.69, 9.17) is 0 Å². The minimum atomic E-state index is -0.218. The third kappa shape index (κ3) is 5.20. The van der Waals surface area contributed by atoms with E-state index in [1.165, 1.54) is 0 Å². The predicted molar refractivity (Wildman–Crippen MR) is 66.9 cm³/mol. The second-order valence-corrected chi connectivity index (χ2v) is 4.59. The molecule has 0 saturated carbocycles. The zero-order valence-electron chi connectivity index (χ0n) is 9.95. The zero-order chi connectivity index (χ0) is 12.0. The lowest BCUT2D eigenvalue weighted by Crippen LogP contribution is -2.44. The summed E-state index contributed by atoms with van der Waals surface area (Å²) in [5.41, 5.74) is 0.837. The molecule has 0 bridgehead atoms. The number of benzene rings is 1. The molecule has 16 heavy (non-hydrogen) atoms. The van der Waals surface area contributed by atoms with Gasteiger partial charge in [-0.3, -0.25) is 0 Å². The quantitative estimate of drug-likeness (QED) is 0.787. The van der Waals surface area contributed by atoms with Crippen LogP contribution in [0.15, 0.2) is 36.5 Å². The standard InChI is InChI=1S/C13H18N2O/c1-13(2,3)15-12(16)14-10-9-11-7-5-4-6-8-11/h4-10H,1-3H3,(H2,14,15,16)/b10-9+. The fourth-order valence-electron chi connectivity index (χ4n) is 1.15. The van der Waals surface area contributed by atoms with E-state index >= 15 is 0 Å². The number of hydrogen-bond donors (Lipinski definition) is 2. The third-order valence-corrected chi connectivity index (χ3v) is 1.78. The van der Waals surface area contributed by atoms with Gasteiger partial charge in [-0.2, -0.15) is 0 Å². The van der Waals surface area contributed by atoms with E-state index in [0.29, 0.717) is 0 Å². The van der Waals surface area contributed by atoms with Crippen LogP contribution in [0, 0.1) is 0 Å². The van der Waals surface area contributed by atoms with E-state index in [2.05, 4.69) is 10.6 Å². The highest BCUT2D eigenvalue weighted by molar-refractivity contribution is 5.76. The van der Waals surface area contributed by atoms with Crippen LogP contribution in [0.5, 0.6) is 0 Å². The third-order valence-electron chi connectivity index (χ3n) is 1.78. The molecule has 86 valence electrons. The first-order chi connectivity index (χ1) is 7.47. The summed E-state index contributed by atoms with van der Waals surface area (Å²) in [4.78, 5) is 11.4. The van der Waals surface area contributed by atoms with E-state index in [0.717, 1.165) is 5.56 Å². The van der Waals surface area contributed by atoms with Gasteiger partial charge in [0.2, 0.25) is 0 Å². The maximum Gasteiger partial charge on any atom is 0.319 e. The molecule has 0 spiro atoms. The summed E-state index contributed by atoms with van der Waals surface area (Å²) in [7, 11) is 0. The summed E-state index contributed by atoms with van der Waals surface area (Å²) in [6, 6.07) is 9.61. The SMILES string of the molecule is CC(C)(C)NC(=O)N/C=C/c1ccccc1.